The Balaban J connectivity index is 1.90. The van der Waals surface area contributed by atoms with Crippen LogP contribution in [0.25, 0.3) is 16.5 Å². The van der Waals surface area contributed by atoms with Crippen molar-refractivity contribution in [2.75, 3.05) is 32.8 Å². The van der Waals surface area contributed by atoms with Crippen molar-refractivity contribution in [1.82, 2.24) is 4.98 Å². The molecule has 1 aliphatic heterocycles. The summed E-state index contributed by atoms with van der Waals surface area (Å²) in [5, 5.41) is 4.90. The van der Waals surface area contributed by atoms with E-state index in [0.29, 0.717) is 35.2 Å². The summed E-state index contributed by atoms with van der Waals surface area (Å²) in [6.45, 7) is 1.20. The number of nitrogens with zero attached hydrogens (tertiary/aromatic N) is 1. The van der Waals surface area contributed by atoms with Gasteiger partial charge in [-0.2, -0.15) is 0 Å². The zero-order valence-electron chi connectivity index (χ0n) is 16.7. The van der Waals surface area contributed by atoms with E-state index in [2.05, 4.69) is 16.4 Å². The molecule has 0 unspecified atom stereocenters. The zero-order valence-corrected chi connectivity index (χ0v) is 17.5. The minimum atomic E-state index is -0.459. The molecule has 0 bridgehead atoms. The fourth-order valence-corrected chi connectivity index (χ4v) is 3.66. The van der Waals surface area contributed by atoms with Crippen LogP contribution in [0, 0.1) is 0 Å². The SMILES string of the molecule is COC(=O)c1cc(OC)ccc1Nc1c(C2=CCOCC2)cnc2ccc(Cl)cc12. The molecule has 2 aromatic carbocycles. The Kier molecular flexibility index (Phi) is 5.88. The molecule has 0 aliphatic carbocycles. The van der Waals surface area contributed by atoms with Crippen molar-refractivity contribution in [1.29, 1.82) is 0 Å². The predicted molar refractivity (Wildman–Crippen MR) is 118 cm³/mol. The van der Waals surface area contributed by atoms with E-state index in [1.807, 2.05) is 18.3 Å². The molecule has 1 N–H and O–H groups in total. The summed E-state index contributed by atoms with van der Waals surface area (Å²) in [7, 11) is 2.91. The minimum absolute atomic E-state index is 0.371. The van der Waals surface area contributed by atoms with E-state index in [1.165, 1.54) is 7.11 Å². The molecular weight excluding hydrogens is 404 g/mol. The van der Waals surface area contributed by atoms with Gasteiger partial charge in [0.25, 0.3) is 0 Å². The number of aromatic nitrogens is 1. The Labute approximate surface area is 179 Å². The topological polar surface area (TPSA) is 69.7 Å². The average Bonchev–Trinajstić information content (AvgIpc) is 2.79. The van der Waals surface area contributed by atoms with Crippen molar-refractivity contribution < 1.29 is 19.0 Å². The van der Waals surface area contributed by atoms with Crippen LogP contribution >= 0.6 is 11.6 Å². The summed E-state index contributed by atoms with van der Waals surface area (Å²) in [5.41, 5.74) is 4.67. The minimum Gasteiger partial charge on any atom is -0.497 e. The Bertz CT molecular complexity index is 1140. The quantitative estimate of drug-likeness (QED) is 0.565. The highest BCUT2D eigenvalue weighted by molar-refractivity contribution is 6.31. The lowest BCUT2D eigenvalue weighted by atomic mass is 9.98. The summed E-state index contributed by atoms with van der Waals surface area (Å²) >= 11 is 6.29. The number of benzene rings is 2. The fraction of sp³-hybridized carbons (Fsp3) is 0.217. The lowest BCUT2D eigenvalue weighted by molar-refractivity contribution is 0.0601. The van der Waals surface area contributed by atoms with Gasteiger partial charge in [0.15, 0.2) is 0 Å². The molecule has 4 rings (SSSR count). The molecule has 0 atom stereocenters. The first kappa shape index (κ1) is 20.2. The molecule has 1 aromatic heterocycles. The van der Waals surface area contributed by atoms with E-state index < -0.39 is 5.97 Å². The van der Waals surface area contributed by atoms with Crippen molar-refractivity contribution in [3.63, 3.8) is 0 Å². The number of methoxy groups -OCH3 is 2. The van der Waals surface area contributed by atoms with E-state index in [4.69, 9.17) is 25.8 Å². The number of carbonyl (C=O) groups is 1. The van der Waals surface area contributed by atoms with Crippen LogP contribution in [0.2, 0.25) is 5.02 Å². The smallest absolute Gasteiger partial charge is 0.340 e. The third-order valence-corrected chi connectivity index (χ3v) is 5.27. The number of halogens is 1. The van der Waals surface area contributed by atoms with E-state index in [0.717, 1.165) is 34.1 Å². The summed E-state index contributed by atoms with van der Waals surface area (Å²) in [5.74, 6) is 0.107. The number of fused-ring (bicyclic) bond motifs is 1. The molecule has 3 aromatic rings. The van der Waals surface area contributed by atoms with E-state index in [-0.39, 0.29) is 0 Å². The number of hydrogen-bond donors (Lipinski definition) is 1. The second-order valence-corrected chi connectivity index (χ2v) is 7.23. The van der Waals surface area contributed by atoms with Crippen LogP contribution in [0.15, 0.2) is 48.7 Å². The number of carbonyl (C=O) groups excluding carboxylic acids is 1. The standard InChI is InChI=1S/C23H21ClN2O4/c1-28-16-4-6-21(18(12-16)23(27)29-2)26-22-17-11-15(24)3-5-20(17)25-13-19(22)14-7-9-30-10-8-14/h3-7,11-13H,8-10H2,1-2H3,(H,25,26). The first-order valence-electron chi connectivity index (χ1n) is 9.49. The van der Waals surface area contributed by atoms with E-state index in [1.54, 1.807) is 31.4 Å². The summed E-state index contributed by atoms with van der Waals surface area (Å²) in [4.78, 5) is 17.0. The highest BCUT2D eigenvalue weighted by Crippen LogP contribution is 2.37. The van der Waals surface area contributed by atoms with Crippen LogP contribution in [0.3, 0.4) is 0 Å². The number of pyridine rings is 1. The van der Waals surface area contributed by atoms with Crippen molar-refractivity contribution in [3.8, 4) is 5.75 Å². The van der Waals surface area contributed by atoms with Crippen LogP contribution in [0.1, 0.15) is 22.3 Å². The number of rotatable bonds is 5. The first-order chi connectivity index (χ1) is 14.6. The van der Waals surface area contributed by atoms with Crippen molar-refractivity contribution in [2.45, 2.75) is 6.42 Å². The summed E-state index contributed by atoms with van der Waals surface area (Å²) < 4.78 is 15.7. The number of ether oxygens (including phenoxy) is 3. The summed E-state index contributed by atoms with van der Waals surface area (Å²) in [6.07, 6.45) is 4.67. The van der Waals surface area contributed by atoms with Gasteiger partial charge in [0.1, 0.15) is 5.75 Å². The maximum atomic E-state index is 12.4. The van der Waals surface area contributed by atoms with Gasteiger partial charge in [-0.1, -0.05) is 17.7 Å². The Morgan fingerprint density at radius 2 is 2.07 bits per heavy atom. The molecule has 0 amide bonds. The van der Waals surface area contributed by atoms with Gasteiger partial charge in [0.05, 0.1) is 49.9 Å². The maximum Gasteiger partial charge on any atom is 0.340 e. The molecule has 7 heteroatoms. The lowest BCUT2D eigenvalue weighted by Crippen LogP contribution is -2.09. The fourth-order valence-electron chi connectivity index (χ4n) is 3.49. The maximum absolute atomic E-state index is 12.4. The third-order valence-electron chi connectivity index (χ3n) is 5.03. The van der Waals surface area contributed by atoms with Gasteiger partial charge in [0, 0.05) is 22.2 Å². The zero-order chi connectivity index (χ0) is 21.1. The largest absolute Gasteiger partial charge is 0.497 e. The van der Waals surface area contributed by atoms with Crippen LogP contribution in [-0.2, 0) is 9.47 Å². The number of anilines is 2. The number of esters is 1. The van der Waals surface area contributed by atoms with Crippen LogP contribution in [0.4, 0.5) is 11.4 Å². The highest BCUT2D eigenvalue weighted by atomic mass is 35.5. The Morgan fingerprint density at radius 1 is 1.20 bits per heavy atom. The molecule has 30 heavy (non-hydrogen) atoms. The van der Waals surface area contributed by atoms with Gasteiger partial charge < -0.3 is 19.5 Å². The molecule has 1 aliphatic rings. The first-order valence-corrected chi connectivity index (χ1v) is 9.87. The molecule has 0 saturated heterocycles. The normalized spacial score (nSPS) is 13.6. The van der Waals surface area contributed by atoms with Gasteiger partial charge in [0.2, 0.25) is 0 Å². The lowest BCUT2D eigenvalue weighted by Gasteiger charge is -2.20. The monoisotopic (exact) mass is 424 g/mol. The molecule has 0 radical (unpaired) electrons. The van der Waals surface area contributed by atoms with Gasteiger partial charge in [-0.15, -0.1) is 0 Å². The van der Waals surface area contributed by atoms with Crippen molar-refractivity contribution in [2.24, 2.45) is 0 Å². The third kappa shape index (κ3) is 3.97. The molecule has 0 saturated carbocycles. The predicted octanol–water partition coefficient (Wildman–Crippen LogP) is 5.23. The number of hydrogen-bond acceptors (Lipinski definition) is 6. The molecule has 6 nitrogen and oxygen atoms in total. The molecule has 2 heterocycles. The molecule has 154 valence electrons. The summed E-state index contributed by atoms with van der Waals surface area (Å²) in [6, 6.07) is 10.8. The Hall–Kier alpha value is -3.09. The van der Waals surface area contributed by atoms with Gasteiger partial charge in [-0.25, -0.2) is 4.79 Å². The van der Waals surface area contributed by atoms with Crippen molar-refractivity contribution >= 4 is 45.4 Å². The van der Waals surface area contributed by atoms with Crippen molar-refractivity contribution in [3.05, 3.63) is 64.8 Å². The van der Waals surface area contributed by atoms with Gasteiger partial charge in [-0.05, 0) is 48.4 Å². The van der Waals surface area contributed by atoms with E-state index in [9.17, 15) is 4.79 Å². The average molecular weight is 425 g/mol. The van der Waals surface area contributed by atoms with E-state index >= 15 is 0 Å². The molecule has 0 spiro atoms. The second kappa shape index (κ2) is 8.73. The second-order valence-electron chi connectivity index (χ2n) is 6.79. The molecular formula is C23H21ClN2O4. The van der Waals surface area contributed by atoms with Gasteiger partial charge >= 0.3 is 5.97 Å². The molecule has 0 fully saturated rings. The van der Waals surface area contributed by atoms with Crippen LogP contribution < -0.4 is 10.1 Å². The van der Waals surface area contributed by atoms with Crippen LogP contribution in [0.5, 0.6) is 5.75 Å². The number of nitrogens with one attached hydrogen (secondary N) is 1. The van der Waals surface area contributed by atoms with Gasteiger partial charge in [-0.3, -0.25) is 4.98 Å². The Morgan fingerprint density at radius 3 is 2.80 bits per heavy atom. The van der Waals surface area contributed by atoms with Crippen LogP contribution in [-0.4, -0.2) is 38.4 Å². The highest BCUT2D eigenvalue weighted by Gasteiger charge is 2.19.